The maximum absolute atomic E-state index is 13.4. The van der Waals surface area contributed by atoms with E-state index in [0.29, 0.717) is 60.7 Å². The van der Waals surface area contributed by atoms with Crippen molar-refractivity contribution in [1.29, 1.82) is 0 Å². The van der Waals surface area contributed by atoms with E-state index < -0.39 is 17.9 Å². The first-order chi connectivity index (χ1) is 19.2. The van der Waals surface area contributed by atoms with Crippen LogP contribution in [0.2, 0.25) is 0 Å². The van der Waals surface area contributed by atoms with E-state index in [1.165, 1.54) is 18.5 Å². The van der Waals surface area contributed by atoms with E-state index >= 15 is 0 Å². The van der Waals surface area contributed by atoms with E-state index in [2.05, 4.69) is 35.8 Å². The molecule has 4 aromatic rings. The number of carbonyl (C=O) groups is 1. The number of halogens is 3. The average molecular weight is 576 g/mol. The molecular formula is C25H24F3N7O4S. The van der Waals surface area contributed by atoms with Gasteiger partial charge >= 0.3 is 12.2 Å². The molecule has 2 N–H and O–H groups in total. The number of nitrogens with zero attached hydrogens (tertiary/aromatic N) is 5. The number of aromatic nitrogens is 5. The van der Waals surface area contributed by atoms with E-state index in [9.17, 15) is 18.0 Å². The molecule has 0 radical (unpaired) electrons. The molecule has 5 rings (SSSR count). The third kappa shape index (κ3) is 6.20. The fraction of sp³-hybridized carbons (Fsp3) is 0.360. The zero-order valence-electron chi connectivity index (χ0n) is 21.4. The van der Waals surface area contributed by atoms with Gasteiger partial charge in [0.15, 0.2) is 5.69 Å². The van der Waals surface area contributed by atoms with Gasteiger partial charge in [-0.3, -0.25) is 5.32 Å². The molecule has 0 bridgehead atoms. The van der Waals surface area contributed by atoms with Crippen molar-refractivity contribution in [3.63, 3.8) is 0 Å². The number of hydrogen-bond donors (Lipinski definition) is 2. The Morgan fingerprint density at radius 1 is 1.12 bits per heavy atom. The van der Waals surface area contributed by atoms with Crippen LogP contribution < -0.4 is 15.4 Å². The largest absolute Gasteiger partial charge is 0.474 e. The molecule has 0 saturated carbocycles. The molecule has 0 aliphatic carbocycles. The summed E-state index contributed by atoms with van der Waals surface area (Å²) < 4.78 is 57.6. The molecule has 40 heavy (non-hydrogen) atoms. The highest BCUT2D eigenvalue weighted by Crippen LogP contribution is 2.42. The summed E-state index contributed by atoms with van der Waals surface area (Å²) in [6, 6.07) is 2.65. The first-order valence-corrected chi connectivity index (χ1v) is 13.2. The Morgan fingerprint density at radius 2 is 1.93 bits per heavy atom. The summed E-state index contributed by atoms with van der Waals surface area (Å²) in [6.45, 7) is 4.84. The molecule has 11 nitrogen and oxygen atoms in total. The predicted octanol–water partition coefficient (Wildman–Crippen LogP) is 5.34. The summed E-state index contributed by atoms with van der Waals surface area (Å²) in [5.74, 6) is 0.926. The van der Waals surface area contributed by atoms with Gasteiger partial charge in [0.2, 0.25) is 17.7 Å². The van der Waals surface area contributed by atoms with Gasteiger partial charge in [-0.05, 0) is 19.1 Å². The second-order valence-electron chi connectivity index (χ2n) is 8.77. The number of alkyl halides is 3. The van der Waals surface area contributed by atoms with Crippen LogP contribution in [0.5, 0.6) is 5.88 Å². The van der Waals surface area contributed by atoms with E-state index in [-0.39, 0.29) is 28.7 Å². The Balaban J connectivity index is 1.65. The molecule has 1 aliphatic rings. The molecule has 1 fully saturated rings. The summed E-state index contributed by atoms with van der Waals surface area (Å²) in [6.07, 6.45) is -0.556. The van der Waals surface area contributed by atoms with Crippen LogP contribution in [0.3, 0.4) is 0 Å². The van der Waals surface area contributed by atoms with Gasteiger partial charge in [-0.1, -0.05) is 0 Å². The molecule has 0 unspecified atom stereocenters. The minimum Gasteiger partial charge on any atom is -0.474 e. The summed E-state index contributed by atoms with van der Waals surface area (Å²) in [5, 5.41) is 14.1. The van der Waals surface area contributed by atoms with Crippen LogP contribution in [0.4, 0.5) is 23.8 Å². The minimum absolute atomic E-state index is 0.0692. The van der Waals surface area contributed by atoms with Crippen LogP contribution in [0.25, 0.3) is 33.2 Å². The number of amides is 2. The Hall–Kier alpha value is -4.11. The molecule has 1 aliphatic heterocycles. The highest BCUT2D eigenvalue weighted by atomic mass is 32.1. The lowest BCUT2D eigenvalue weighted by atomic mass is 10.0. The number of rotatable bonds is 7. The van der Waals surface area contributed by atoms with Gasteiger partial charge in [-0.2, -0.15) is 13.2 Å². The zero-order valence-corrected chi connectivity index (χ0v) is 22.2. The SMILES string of the molecule is CCNC(=O)Nc1cc(-c2nc(C(F)(F)F)cs2)c(-c2cc(-c3nnc(C)o3)cnc2OC2CCOCC2)cn1. The highest BCUT2D eigenvalue weighted by Gasteiger charge is 2.34. The second-order valence-corrected chi connectivity index (χ2v) is 9.63. The molecule has 0 atom stereocenters. The highest BCUT2D eigenvalue weighted by molar-refractivity contribution is 7.13. The van der Waals surface area contributed by atoms with Crippen LogP contribution in [-0.4, -0.2) is 57.0 Å². The van der Waals surface area contributed by atoms with Gasteiger partial charge in [0.05, 0.1) is 18.8 Å². The number of pyridine rings is 2. The maximum atomic E-state index is 13.4. The quantitative estimate of drug-likeness (QED) is 0.299. The lowest BCUT2D eigenvalue weighted by Crippen LogP contribution is -2.28. The Morgan fingerprint density at radius 3 is 2.60 bits per heavy atom. The summed E-state index contributed by atoms with van der Waals surface area (Å²) in [7, 11) is 0. The lowest BCUT2D eigenvalue weighted by Gasteiger charge is -2.24. The average Bonchev–Trinajstić information content (AvgIpc) is 3.60. The Labute approximate surface area is 230 Å². The van der Waals surface area contributed by atoms with Crippen LogP contribution >= 0.6 is 11.3 Å². The summed E-state index contributed by atoms with van der Waals surface area (Å²) in [4.78, 5) is 24.8. The number of thiazole rings is 1. The van der Waals surface area contributed by atoms with E-state index in [0.717, 1.165) is 16.7 Å². The normalized spacial score (nSPS) is 14.2. The number of nitrogens with one attached hydrogen (secondary N) is 2. The molecule has 2 amide bonds. The predicted molar refractivity (Wildman–Crippen MR) is 139 cm³/mol. The third-order valence-corrected chi connectivity index (χ3v) is 6.74. The number of aryl methyl sites for hydroxylation is 1. The third-order valence-electron chi connectivity index (χ3n) is 5.87. The molecule has 1 saturated heterocycles. The van der Waals surface area contributed by atoms with E-state index in [1.807, 2.05) is 0 Å². The van der Waals surface area contributed by atoms with Crippen molar-refractivity contribution in [1.82, 2.24) is 30.5 Å². The summed E-state index contributed by atoms with van der Waals surface area (Å²) in [5.41, 5.74) is 0.550. The van der Waals surface area contributed by atoms with Gasteiger partial charge < -0.3 is 19.2 Å². The first-order valence-electron chi connectivity index (χ1n) is 12.3. The molecule has 5 heterocycles. The van der Waals surface area contributed by atoms with E-state index in [4.69, 9.17) is 13.9 Å². The number of carbonyl (C=O) groups excluding carboxylic acids is 1. The minimum atomic E-state index is -4.63. The zero-order chi connectivity index (χ0) is 28.3. The molecule has 0 aromatic carbocycles. The summed E-state index contributed by atoms with van der Waals surface area (Å²) >= 11 is 0.816. The molecule has 4 aromatic heterocycles. The number of anilines is 1. The number of urea groups is 1. The van der Waals surface area contributed by atoms with Crippen molar-refractivity contribution in [3.05, 3.63) is 41.5 Å². The Bertz CT molecular complexity index is 1500. The van der Waals surface area contributed by atoms with Crippen LogP contribution in [0.1, 0.15) is 31.4 Å². The fourth-order valence-electron chi connectivity index (χ4n) is 3.98. The van der Waals surface area contributed by atoms with Crippen molar-refractivity contribution >= 4 is 23.2 Å². The van der Waals surface area contributed by atoms with Crippen molar-refractivity contribution in [3.8, 4) is 39.0 Å². The van der Waals surface area contributed by atoms with Crippen molar-refractivity contribution in [2.75, 3.05) is 25.1 Å². The molecule has 0 spiro atoms. The maximum Gasteiger partial charge on any atom is 0.434 e. The van der Waals surface area contributed by atoms with Crippen molar-refractivity contribution in [2.45, 2.75) is 39.0 Å². The molecular weight excluding hydrogens is 551 g/mol. The number of ether oxygens (including phenoxy) is 2. The van der Waals surface area contributed by atoms with E-state index in [1.54, 1.807) is 19.9 Å². The smallest absolute Gasteiger partial charge is 0.434 e. The fourth-order valence-corrected chi connectivity index (χ4v) is 4.84. The molecule has 15 heteroatoms. The monoisotopic (exact) mass is 575 g/mol. The van der Waals surface area contributed by atoms with Gasteiger partial charge in [-0.25, -0.2) is 19.7 Å². The van der Waals surface area contributed by atoms with Gasteiger partial charge in [-0.15, -0.1) is 21.5 Å². The van der Waals surface area contributed by atoms with Gasteiger partial charge in [0, 0.05) is 60.8 Å². The second kappa shape index (κ2) is 11.6. The first kappa shape index (κ1) is 27.5. The van der Waals surface area contributed by atoms with Crippen LogP contribution in [-0.2, 0) is 10.9 Å². The standard InChI is InChI=1S/C25H24F3N7O4S/c1-3-29-24(36)33-20-9-17(23-32-19(12-40-23)25(26,27)28)18(11-30-20)16-8-14(21-35-34-13(2)38-21)10-31-22(16)39-15-4-6-37-7-5-15/h8-12,15H,3-7H2,1-2H3,(H2,29,30,33,36). The van der Waals surface area contributed by atoms with Crippen LogP contribution in [0.15, 0.2) is 34.3 Å². The van der Waals surface area contributed by atoms with Gasteiger partial charge in [0.1, 0.15) is 16.9 Å². The molecule has 210 valence electrons. The Kier molecular flexibility index (Phi) is 7.93. The van der Waals surface area contributed by atoms with Crippen molar-refractivity contribution in [2.24, 2.45) is 0 Å². The lowest BCUT2D eigenvalue weighted by molar-refractivity contribution is -0.140. The van der Waals surface area contributed by atoms with Gasteiger partial charge in [0.25, 0.3) is 0 Å². The van der Waals surface area contributed by atoms with Crippen LogP contribution in [0, 0.1) is 6.92 Å². The van der Waals surface area contributed by atoms with Crippen molar-refractivity contribution < 1.29 is 31.9 Å². The topological polar surface area (TPSA) is 137 Å². The number of hydrogen-bond acceptors (Lipinski definition) is 10.